The lowest BCUT2D eigenvalue weighted by Crippen LogP contribution is -2.35. The van der Waals surface area contributed by atoms with E-state index < -0.39 is 0 Å². The smallest absolute Gasteiger partial charge is 0.00438 e. The van der Waals surface area contributed by atoms with Crippen LogP contribution in [-0.2, 0) is 0 Å². The van der Waals surface area contributed by atoms with Gasteiger partial charge in [-0.15, -0.1) is 0 Å². The molecule has 0 aromatic carbocycles. The molecule has 1 N–H and O–H groups in total. The molecule has 0 aromatic rings. The molecule has 1 heteroatoms. The Hall–Kier alpha value is -0.0400. The summed E-state index contributed by atoms with van der Waals surface area (Å²) in [5.74, 6) is 1.01. The molecule has 0 radical (unpaired) electrons. The first kappa shape index (κ1) is 13.0. The Bertz CT molecular complexity index is 149. The van der Waals surface area contributed by atoms with Crippen molar-refractivity contribution >= 4 is 0 Å². The van der Waals surface area contributed by atoms with Crippen LogP contribution in [0.3, 0.4) is 0 Å². The van der Waals surface area contributed by atoms with Gasteiger partial charge < -0.3 is 5.32 Å². The number of rotatable bonds is 6. The van der Waals surface area contributed by atoms with Crippen LogP contribution >= 0.6 is 0 Å². The van der Waals surface area contributed by atoms with E-state index in [1.54, 1.807) is 0 Å². The highest BCUT2D eigenvalue weighted by Crippen LogP contribution is 2.27. The third kappa shape index (κ3) is 5.55. The maximum atomic E-state index is 3.73. The normalized spacial score (nSPS) is 22.6. The zero-order valence-electron chi connectivity index (χ0n) is 10.9. The fourth-order valence-electron chi connectivity index (χ4n) is 2.99. The van der Waals surface area contributed by atoms with Crippen molar-refractivity contribution in [3.05, 3.63) is 0 Å². The first-order chi connectivity index (χ1) is 7.22. The van der Waals surface area contributed by atoms with Gasteiger partial charge in [0, 0.05) is 12.1 Å². The van der Waals surface area contributed by atoms with Crippen LogP contribution < -0.4 is 5.32 Å². The quantitative estimate of drug-likeness (QED) is 0.697. The Morgan fingerprint density at radius 1 is 1.07 bits per heavy atom. The zero-order chi connectivity index (χ0) is 11.1. The minimum Gasteiger partial charge on any atom is -0.312 e. The van der Waals surface area contributed by atoms with Gasteiger partial charge in [0.05, 0.1) is 0 Å². The molecule has 0 amide bonds. The third-order valence-electron chi connectivity index (χ3n) is 3.70. The zero-order valence-corrected chi connectivity index (χ0v) is 10.9. The van der Waals surface area contributed by atoms with Gasteiger partial charge in [-0.2, -0.15) is 0 Å². The second-order valence-electron chi connectivity index (χ2n) is 5.50. The molecule has 0 bridgehead atoms. The summed E-state index contributed by atoms with van der Waals surface area (Å²) < 4.78 is 0. The molecule has 2 atom stereocenters. The van der Waals surface area contributed by atoms with Gasteiger partial charge >= 0.3 is 0 Å². The van der Waals surface area contributed by atoms with Crippen LogP contribution in [0.2, 0.25) is 0 Å². The van der Waals surface area contributed by atoms with E-state index in [0.29, 0.717) is 6.04 Å². The van der Waals surface area contributed by atoms with E-state index in [-0.39, 0.29) is 0 Å². The summed E-state index contributed by atoms with van der Waals surface area (Å²) in [6, 6.07) is 1.42. The maximum absolute atomic E-state index is 3.73. The van der Waals surface area contributed by atoms with Crippen molar-refractivity contribution in [2.24, 2.45) is 5.92 Å². The molecule has 0 aromatic heterocycles. The lowest BCUT2D eigenvalue weighted by molar-refractivity contribution is 0.293. The van der Waals surface area contributed by atoms with Gasteiger partial charge in [0.15, 0.2) is 0 Å². The molecule has 0 aliphatic heterocycles. The molecule has 90 valence electrons. The Morgan fingerprint density at radius 2 is 1.73 bits per heavy atom. The van der Waals surface area contributed by atoms with E-state index in [4.69, 9.17) is 0 Å². The van der Waals surface area contributed by atoms with E-state index in [1.165, 1.54) is 51.4 Å². The molecule has 0 heterocycles. The summed E-state index contributed by atoms with van der Waals surface area (Å²) in [5.41, 5.74) is 0. The molecular weight excluding hydrogens is 182 g/mol. The largest absolute Gasteiger partial charge is 0.312 e. The number of hydrogen-bond donors (Lipinski definition) is 1. The maximum Gasteiger partial charge on any atom is 0.00438 e. The molecule has 1 aliphatic carbocycles. The standard InChI is InChI=1S/C14H29N/c1-4-8-12(2)15-13(3)11-14-9-6-5-7-10-14/h12-15H,4-11H2,1-3H3. The highest BCUT2D eigenvalue weighted by Gasteiger charge is 2.16. The molecule has 1 rings (SSSR count). The van der Waals surface area contributed by atoms with Crippen LogP contribution in [0.25, 0.3) is 0 Å². The molecule has 1 nitrogen and oxygen atoms in total. The van der Waals surface area contributed by atoms with Crippen LogP contribution in [0.1, 0.15) is 72.1 Å². The molecule has 15 heavy (non-hydrogen) atoms. The number of hydrogen-bond acceptors (Lipinski definition) is 1. The van der Waals surface area contributed by atoms with E-state index in [1.807, 2.05) is 0 Å². The van der Waals surface area contributed by atoms with Gasteiger partial charge in [0.2, 0.25) is 0 Å². The van der Waals surface area contributed by atoms with Gasteiger partial charge in [-0.1, -0.05) is 45.4 Å². The van der Waals surface area contributed by atoms with Gasteiger partial charge in [-0.3, -0.25) is 0 Å². The van der Waals surface area contributed by atoms with Gasteiger partial charge in [-0.05, 0) is 32.6 Å². The Kier molecular flexibility index (Phi) is 6.31. The average molecular weight is 211 g/mol. The van der Waals surface area contributed by atoms with Crippen molar-refractivity contribution < 1.29 is 0 Å². The summed E-state index contributed by atoms with van der Waals surface area (Å²) in [6.45, 7) is 6.95. The molecular formula is C14H29N. The molecule has 1 aliphatic rings. The van der Waals surface area contributed by atoms with E-state index >= 15 is 0 Å². The lowest BCUT2D eigenvalue weighted by Gasteiger charge is -2.27. The highest BCUT2D eigenvalue weighted by atomic mass is 14.9. The minimum absolute atomic E-state index is 0.702. The van der Waals surface area contributed by atoms with Gasteiger partial charge in [0.25, 0.3) is 0 Å². The topological polar surface area (TPSA) is 12.0 Å². The van der Waals surface area contributed by atoms with Crippen molar-refractivity contribution in [1.82, 2.24) is 5.32 Å². The fourth-order valence-corrected chi connectivity index (χ4v) is 2.99. The summed E-state index contributed by atoms with van der Waals surface area (Å²) in [5, 5.41) is 3.73. The first-order valence-electron chi connectivity index (χ1n) is 6.98. The minimum atomic E-state index is 0.702. The van der Waals surface area contributed by atoms with Crippen LogP contribution in [0.4, 0.5) is 0 Å². The Balaban J connectivity index is 2.13. The van der Waals surface area contributed by atoms with Gasteiger partial charge in [0.1, 0.15) is 0 Å². The van der Waals surface area contributed by atoms with Crippen molar-refractivity contribution in [2.75, 3.05) is 0 Å². The van der Waals surface area contributed by atoms with Crippen molar-refractivity contribution in [3.8, 4) is 0 Å². The molecule has 1 saturated carbocycles. The monoisotopic (exact) mass is 211 g/mol. The SMILES string of the molecule is CCCC(C)NC(C)CC1CCCCC1. The van der Waals surface area contributed by atoms with Crippen LogP contribution in [0, 0.1) is 5.92 Å². The molecule has 1 fully saturated rings. The van der Waals surface area contributed by atoms with Crippen LogP contribution in [-0.4, -0.2) is 12.1 Å². The van der Waals surface area contributed by atoms with E-state index in [9.17, 15) is 0 Å². The van der Waals surface area contributed by atoms with Crippen molar-refractivity contribution in [2.45, 2.75) is 84.2 Å². The second-order valence-corrected chi connectivity index (χ2v) is 5.50. The predicted molar refractivity (Wildman–Crippen MR) is 68.2 cm³/mol. The second kappa shape index (κ2) is 7.27. The van der Waals surface area contributed by atoms with Gasteiger partial charge in [-0.25, -0.2) is 0 Å². The number of nitrogens with one attached hydrogen (secondary N) is 1. The average Bonchev–Trinajstić information content (AvgIpc) is 2.19. The molecule has 0 spiro atoms. The van der Waals surface area contributed by atoms with Crippen LogP contribution in [0.15, 0.2) is 0 Å². The first-order valence-corrected chi connectivity index (χ1v) is 6.98. The lowest BCUT2D eigenvalue weighted by atomic mass is 9.85. The van der Waals surface area contributed by atoms with Crippen molar-refractivity contribution in [1.29, 1.82) is 0 Å². The summed E-state index contributed by atoms with van der Waals surface area (Å²) in [7, 11) is 0. The summed E-state index contributed by atoms with van der Waals surface area (Å²) in [6.07, 6.45) is 11.4. The van der Waals surface area contributed by atoms with E-state index in [0.717, 1.165) is 12.0 Å². The van der Waals surface area contributed by atoms with E-state index in [2.05, 4.69) is 26.1 Å². The Labute approximate surface area is 96.0 Å². The fraction of sp³-hybridized carbons (Fsp3) is 1.00. The molecule has 0 saturated heterocycles. The predicted octanol–water partition coefficient (Wildman–Crippen LogP) is 4.12. The summed E-state index contributed by atoms with van der Waals surface area (Å²) >= 11 is 0. The van der Waals surface area contributed by atoms with Crippen LogP contribution in [0.5, 0.6) is 0 Å². The third-order valence-corrected chi connectivity index (χ3v) is 3.70. The molecule has 2 unspecified atom stereocenters. The highest BCUT2D eigenvalue weighted by molar-refractivity contribution is 4.73. The Morgan fingerprint density at radius 3 is 2.33 bits per heavy atom. The van der Waals surface area contributed by atoms with Crippen molar-refractivity contribution in [3.63, 3.8) is 0 Å². The summed E-state index contributed by atoms with van der Waals surface area (Å²) in [4.78, 5) is 0.